The smallest absolute Gasteiger partial charge is 0.243 e. The van der Waals surface area contributed by atoms with Gasteiger partial charge in [-0.15, -0.1) is 0 Å². The van der Waals surface area contributed by atoms with Crippen LogP contribution in [0.15, 0.2) is 30.3 Å². The minimum absolute atomic E-state index is 0.0121. The van der Waals surface area contributed by atoms with Crippen molar-refractivity contribution in [3.05, 3.63) is 35.9 Å². The summed E-state index contributed by atoms with van der Waals surface area (Å²) in [5.74, 6) is 0.718. The molecule has 0 saturated heterocycles. The second kappa shape index (κ2) is 4.66. The molecule has 1 atom stereocenters. The first-order valence-corrected chi connectivity index (χ1v) is 5.74. The van der Waals surface area contributed by atoms with Gasteiger partial charge in [-0.2, -0.15) is 0 Å². The van der Waals surface area contributed by atoms with Gasteiger partial charge in [0.15, 0.2) is 0 Å². The van der Waals surface area contributed by atoms with Crippen LogP contribution in [0.1, 0.15) is 24.4 Å². The Hall–Kier alpha value is -1.35. The summed E-state index contributed by atoms with van der Waals surface area (Å²) in [6, 6.07) is 9.01. The minimum atomic E-state index is -0.523. The van der Waals surface area contributed by atoms with Crippen LogP contribution in [-0.4, -0.2) is 24.4 Å². The molecule has 0 spiro atoms. The number of carbonyl (C=O) groups is 1. The number of hydrogen-bond donors (Lipinski definition) is 1. The van der Waals surface area contributed by atoms with E-state index in [2.05, 4.69) is 0 Å². The van der Waals surface area contributed by atoms with E-state index in [9.17, 15) is 4.79 Å². The lowest BCUT2D eigenvalue weighted by Crippen LogP contribution is -2.36. The number of nitrogens with zero attached hydrogens (tertiary/aromatic N) is 1. The van der Waals surface area contributed by atoms with Crippen molar-refractivity contribution in [3.8, 4) is 0 Å². The molecule has 2 rings (SSSR count). The van der Waals surface area contributed by atoms with Crippen molar-refractivity contribution < 1.29 is 4.79 Å². The summed E-state index contributed by atoms with van der Waals surface area (Å²) < 4.78 is 0. The molecular formula is C13H18N2O. The van der Waals surface area contributed by atoms with E-state index in [1.807, 2.05) is 37.4 Å². The Morgan fingerprint density at radius 2 is 2.06 bits per heavy atom. The van der Waals surface area contributed by atoms with Crippen LogP contribution >= 0.6 is 0 Å². The van der Waals surface area contributed by atoms with Gasteiger partial charge in [0.2, 0.25) is 5.91 Å². The number of hydrogen-bond acceptors (Lipinski definition) is 2. The van der Waals surface area contributed by atoms with Gasteiger partial charge in [-0.05, 0) is 24.3 Å². The standard InChI is InChI=1S/C13H18N2O/c1-15(9-10-7-8-10)13(16)12(14)11-5-3-2-4-6-11/h2-6,10,12H,7-9,14H2,1H3. The third-order valence-corrected chi connectivity index (χ3v) is 3.03. The zero-order valence-corrected chi connectivity index (χ0v) is 9.60. The highest BCUT2D eigenvalue weighted by Crippen LogP contribution is 2.29. The molecule has 16 heavy (non-hydrogen) atoms. The highest BCUT2D eigenvalue weighted by Gasteiger charge is 2.27. The SMILES string of the molecule is CN(CC1CC1)C(=O)C(N)c1ccccc1. The van der Waals surface area contributed by atoms with Gasteiger partial charge in [-0.1, -0.05) is 30.3 Å². The molecule has 0 bridgehead atoms. The fraction of sp³-hybridized carbons (Fsp3) is 0.462. The van der Waals surface area contributed by atoms with E-state index in [4.69, 9.17) is 5.73 Å². The van der Waals surface area contributed by atoms with Gasteiger partial charge in [0, 0.05) is 13.6 Å². The summed E-state index contributed by atoms with van der Waals surface area (Å²) in [6.07, 6.45) is 2.50. The van der Waals surface area contributed by atoms with Crippen LogP contribution in [0.4, 0.5) is 0 Å². The quantitative estimate of drug-likeness (QED) is 0.833. The molecule has 1 fully saturated rings. The van der Waals surface area contributed by atoms with Crippen LogP contribution in [0.3, 0.4) is 0 Å². The number of benzene rings is 1. The van der Waals surface area contributed by atoms with Gasteiger partial charge in [-0.25, -0.2) is 0 Å². The van der Waals surface area contributed by atoms with E-state index in [1.165, 1.54) is 12.8 Å². The van der Waals surface area contributed by atoms with E-state index in [0.717, 1.165) is 12.1 Å². The molecule has 1 aromatic rings. The summed E-state index contributed by atoms with van der Waals surface area (Å²) in [5.41, 5.74) is 6.83. The molecule has 3 heteroatoms. The second-order valence-corrected chi connectivity index (χ2v) is 4.55. The fourth-order valence-corrected chi connectivity index (χ4v) is 1.82. The molecule has 0 aromatic heterocycles. The van der Waals surface area contributed by atoms with Crippen molar-refractivity contribution in [1.82, 2.24) is 4.90 Å². The van der Waals surface area contributed by atoms with Gasteiger partial charge < -0.3 is 10.6 Å². The molecule has 0 heterocycles. The van der Waals surface area contributed by atoms with Crippen molar-refractivity contribution in [3.63, 3.8) is 0 Å². The number of nitrogens with two attached hydrogens (primary N) is 1. The number of carbonyl (C=O) groups excluding carboxylic acids is 1. The number of rotatable bonds is 4. The first-order valence-electron chi connectivity index (χ1n) is 5.74. The van der Waals surface area contributed by atoms with Gasteiger partial charge in [-0.3, -0.25) is 4.79 Å². The molecule has 86 valence electrons. The highest BCUT2D eigenvalue weighted by molar-refractivity contribution is 5.82. The predicted octanol–water partition coefficient (Wildman–Crippen LogP) is 1.55. The fourth-order valence-electron chi connectivity index (χ4n) is 1.82. The lowest BCUT2D eigenvalue weighted by molar-refractivity contribution is -0.131. The average Bonchev–Trinajstić information content (AvgIpc) is 3.12. The van der Waals surface area contributed by atoms with Gasteiger partial charge in [0.1, 0.15) is 6.04 Å². The lowest BCUT2D eigenvalue weighted by Gasteiger charge is -2.21. The molecule has 1 aliphatic rings. The first kappa shape index (κ1) is 11.1. The molecule has 1 unspecified atom stereocenters. The third-order valence-electron chi connectivity index (χ3n) is 3.03. The van der Waals surface area contributed by atoms with Crippen LogP contribution in [0.25, 0.3) is 0 Å². The summed E-state index contributed by atoms with van der Waals surface area (Å²) >= 11 is 0. The minimum Gasteiger partial charge on any atom is -0.344 e. The summed E-state index contributed by atoms with van der Waals surface area (Å²) in [6.45, 7) is 0.847. The van der Waals surface area contributed by atoms with Crippen LogP contribution in [0.2, 0.25) is 0 Å². The molecule has 3 nitrogen and oxygen atoms in total. The molecule has 1 amide bonds. The maximum absolute atomic E-state index is 12.0. The van der Waals surface area contributed by atoms with Crippen molar-refractivity contribution in [2.24, 2.45) is 11.7 Å². The van der Waals surface area contributed by atoms with Crippen molar-refractivity contribution in [2.45, 2.75) is 18.9 Å². The average molecular weight is 218 g/mol. The van der Waals surface area contributed by atoms with Crippen LogP contribution in [0, 0.1) is 5.92 Å². The maximum atomic E-state index is 12.0. The molecule has 1 aromatic carbocycles. The Bertz CT molecular complexity index is 359. The molecule has 2 N–H and O–H groups in total. The first-order chi connectivity index (χ1) is 7.68. The summed E-state index contributed by atoms with van der Waals surface area (Å²) in [7, 11) is 1.84. The Balaban J connectivity index is 1.97. The van der Waals surface area contributed by atoms with E-state index in [1.54, 1.807) is 4.90 Å². The van der Waals surface area contributed by atoms with Crippen molar-refractivity contribution in [2.75, 3.05) is 13.6 Å². The van der Waals surface area contributed by atoms with Crippen LogP contribution in [-0.2, 0) is 4.79 Å². The van der Waals surface area contributed by atoms with Crippen LogP contribution < -0.4 is 5.73 Å². The molecule has 1 aliphatic carbocycles. The Morgan fingerprint density at radius 1 is 1.44 bits per heavy atom. The number of likely N-dealkylation sites (N-methyl/N-ethyl adjacent to an activating group) is 1. The summed E-state index contributed by atoms with van der Waals surface area (Å²) in [5, 5.41) is 0. The third kappa shape index (κ3) is 2.61. The van der Waals surface area contributed by atoms with Gasteiger partial charge in [0.05, 0.1) is 0 Å². The van der Waals surface area contributed by atoms with Crippen molar-refractivity contribution >= 4 is 5.91 Å². The molecule has 0 aliphatic heterocycles. The normalized spacial score (nSPS) is 16.9. The Kier molecular flexibility index (Phi) is 3.25. The predicted molar refractivity (Wildman–Crippen MR) is 63.7 cm³/mol. The maximum Gasteiger partial charge on any atom is 0.243 e. The van der Waals surface area contributed by atoms with Crippen molar-refractivity contribution in [1.29, 1.82) is 0 Å². The van der Waals surface area contributed by atoms with E-state index >= 15 is 0 Å². The van der Waals surface area contributed by atoms with E-state index in [0.29, 0.717) is 5.92 Å². The zero-order chi connectivity index (χ0) is 11.5. The monoisotopic (exact) mass is 218 g/mol. The summed E-state index contributed by atoms with van der Waals surface area (Å²) in [4.78, 5) is 13.8. The van der Waals surface area contributed by atoms with Gasteiger partial charge >= 0.3 is 0 Å². The molecular weight excluding hydrogens is 200 g/mol. The van der Waals surface area contributed by atoms with E-state index in [-0.39, 0.29) is 5.91 Å². The zero-order valence-electron chi connectivity index (χ0n) is 9.60. The molecule has 1 saturated carbocycles. The second-order valence-electron chi connectivity index (χ2n) is 4.55. The van der Waals surface area contributed by atoms with E-state index < -0.39 is 6.04 Å². The largest absolute Gasteiger partial charge is 0.344 e. The Morgan fingerprint density at radius 3 is 2.62 bits per heavy atom. The highest BCUT2D eigenvalue weighted by atomic mass is 16.2. The van der Waals surface area contributed by atoms with Gasteiger partial charge in [0.25, 0.3) is 0 Å². The Labute approximate surface area is 96.2 Å². The topological polar surface area (TPSA) is 46.3 Å². The lowest BCUT2D eigenvalue weighted by atomic mass is 10.1. The number of amides is 1. The van der Waals surface area contributed by atoms with Crippen LogP contribution in [0.5, 0.6) is 0 Å². The molecule has 0 radical (unpaired) electrons.